The number of esters is 2. The molecule has 0 amide bonds. The molecule has 1 aliphatic heterocycles. The smallest absolute Gasteiger partial charge is 0.338 e. The number of hydrogen-bond acceptors (Lipinski definition) is 7. The highest BCUT2D eigenvalue weighted by atomic mass is 16.7. The van der Waals surface area contributed by atoms with Crippen molar-refractivity contribution >= 4 is 11.9 Å². The minimum Gasteiger partial charge on any atom is -0.456 e. The molecular weight excluding hydrogens is 448 g/mol. The second kappa shape index (κ2) is 10.5. The van der Waals surface area contributed by atoms with Crippen LogP contribution in [0.2, 0.25) is 0 Å². The zero-order valence-electron chi connectivity index (χ0n) is 19.6. The standard InChI is InChI=1S/C28H26O7/c1-17(2)26(29)33-22-9-5-19(6-10-22)21-15-31-28(32-16-21)25-14-13-24(35-25)20-7-11-23(12-8-20)34-27(30)18(3)4/h5-14,21,28H,1,3,15-16H2,2,4H3. The maximum absolute atomic E-state index is 11.6. The Bertz CT molecular complexity index is 1230. The van der Waals surface area contributed by atoms with Gasteiger partial charge in [0.05, 0.1) is 13.2 Å². The Morgan fingerprint density at radius 2 is 1.29 bits per heavy atom. The lowest BCUT2D eigenvalue weighted by atomic mass is 10.0. The van der Waals surface area contributed by atoms with Crippen LogP contribution in [0.15, 0.2) is 89.4 Å². The van der Waals surface area contributed by atoms with Crippen molar-refractivity contribution in [2.75, 3.05) is 13.2 Å². The van der Waals surface area contributed by atoms with E-state index >= 15 is 0 Å². The Labute approximate surface area is 203 Å². The Hall–Kier alpha value is -3.94. The normalized spacial score (nSPS) is 17.4. The number of ether oxygens (including phenoxy) is 4. The third-order valence-electron chi connectivity index (χ3n) is 5.37. The summed E-state index contributed by atoms with van der Waals surface area (Å²) in [5.41, 5.74) is 2.52. The molecule has 0 radical (unpaired) electrons. The molecule has 7 nitrogen and oxygen atoms in total. The molecule has 7 heteroatoms. The highest BCUT2D eigenvalue weighted by Gasteiger charge is 2.27. The van der Waals surface area contributed by atoms with Gasteiger partial charge in [-0.25, -0.2) is 9.59 Å². The van der Waals surface area contributed by atoms with Crippen LogP contribution < -0.4 is 9.47 Å². The molecule has 0 aliphatic carbocycles. The van der Waals surface area contributed by atoms with E-state index in [9.17, 15) is 9.59 Å². The van der Waals surface area contributed by atoms with Crippen LogP contribution in [0, 0.1) is 0 Å². The third kappa shape index (κ3) is 5.95. The molecule has 35 heavy (non-hydrogen) atoms. The third-order valence-corrected chi connectivity index (χ3v) is 5.37. The summed E-state index contributed by atoms with van der Waals surface area (Å²) >= 11 is 0. The summed E-state index contributed by atoms with van der Waals surface area (Å²) in [5.74, 6) is 1.23. The van der Waals surface area contributed by atoms with E-state index in [0.29, 0.717) is 47.4 Å². The fraction of sp³-hybridized carbons (Fsp3) is 0.214. The molecule has 0 N–H and O–H groups in total. The molecule has 180 valence electrons. The van der Waals surface area contributed by atoms with Crippen molar-refractivity contribution in [2.45, 2.75) is 26.1 Å². The summed E-state index contributed by atoms with van der Waals surface area (Å²) in [4.78, 5) is 23.3. The number of benzene rings is 2. The van der Waals surface area contributed by atoms with E-state index < -0.39 is 18.2 Å². The Balaban J connectivity index is 1.33. The largest absolute Gasteiger partial charge is 0.456 e. The van der Waals surface area contributed by atoms with Gasteiger partial charge in [0.25, 0.3) is 0 Å². The molecule has 0 unspecified atom stereocenters. The van der Waals surface area contributed by atoms with Gasteiger partial charge in [-0.1, -0.05) is 25.3 Å². The highest BCUT2D eigenvalue weighted by Crippen LogP contribution is 2.34. The molecular formula is C28H26O7. The minimum absolute atomic E-state index is 0.0426. The fourth-order valence-corrected chi connectivity index (χ4v) is 3.38. The summed E-state index contributed by atoms with van der Waals surface area (Å²) in [6.45, 7) is 11.3. The molecule has 0 bridgehead atoms. The van der Waals surface area contributed by atoms with Gasteiger partial charge in [0.2, 0.25) is 6.29 Å². The number of carbonyl (C=O) groups is 2. The summed E-state index contributed by atoms with van der Waals surface area (Å²) in [5, 5.41) is 0. The molecule has 2 heterocycles. The second-order valence-electron chi connectivity index (χ2n) is 8.33. The Morgan fingerprint density at radius 3 is 1.80 bits per heavy atom. The molecule has 1 aromatic heterocycles. The van der Waals surface area contributed by atoms with Gasteiger partial charge in [0.15, 0.2) is 5.76 Å². The first kappa shape index (κ1) is 24.2. The van der Waals surface area contributed by atoms with Crippen LogP contribution >= 0.6 is 0 Å². The first-order valence-corrected chi connectivity index (χ1v) is 11.1. The molecule has 1 aliphatic rings. The molecule has 2 aromatic carbocycles. The number of furan rings is 1. The molecule has 0 atom stereocenters. The monoisotopic (exact) mass is 474 g/mol. The summed E-state index contributed by atoms with van der Waals surface area (Å²) in [6, 6.07) is 17.9. The molecule has 4 rings (SSSR count). The zero-order valence-corrected chi connectivity index (χ0v) is 19.6. The van der Waals surface area contributed by atoms with Gasteiger partial charge < -0.3 is 23.4 Å². The number of rotatable bonds is 7. The molecule has 1 fully saturated rings. The van der Waals surface area contributed by atoms with Gasteiger partial charge >= 0.3 is 11.9 Å². The van der Waals surface area contributed by atoms with Crippen molar-refractivity contribution in [1.29, 1.82) is 0 Å². The molecule has 3 aromatic rings. The van der Waals surface area contributed by atoms with Crippen LogP contribution in [-0.2, 0) is 19.1 Å². The van der Waals surface area contributed by atoms with Crippen LogP contribution in [0.25, 0.3) is 11.3 Å². The van der Waals surface area contributed by atoms with Crippen molar-refractivity contribution in [3.63, 3.8) is 0 Å². The van der Waals surface area contributed by atoms with Crippen molar-refractivity contribution in [1.82, 2.24) is 0 Å². The van der Waals surface area contributed by atoms with Crippen molar-refractivity contribution < 1.29 is 33.0 Å². The number of carbonyl (C=O) groups excluding carboxylic acids is 2. The lowest BCUT2D eigenvalue weighted by Crippen LogP contribution is -2.25. The molecule has 0 saturated carbocycles. The van der Waals surface area contributed by atoms with E-state index in [1.807, 2.05) is 24.3 Å². The molecule has 1 saturated heterocycles. The average Bonchev–Trinajstić information content (AvgIpc) is 3.35. The van der Waals surface area contributed by atoms with E-state index in [1.165, 1.54) is 0 Å². The van der Waals surface area contributed by atoms with Crippen LogP contribution in [0.5, 0.6) is 11.5 Å². The van der Waals surface area contributed by atoms with Crippen molar-refractivity contribution in [3.8, 4) is 22.8 Å². The maximum Gasteiger partial charge on any atom is 0.338 e. The minimum atomic E-state index is -0.605. The topological polar surface area (TPSA) is 84.2 Å². The van der Waals surface area contributed by atoms with E-state index in [-0.39, 0.29) is 5.92 Å². The van der Waals surface area contributed by atoms with Gasteiger partial charge in [-0.3, -0.25) is 0 Å². The van der Waals surface area contributed by atoms with Crippen LogP contribution in [-0.4, -0.2) is 25.2 Å². The Kier molecular flexibility index (Phi) is 7.29. The lowest BCUT2D eigenvalue weighted by Gasteiger charge is -2.28. The summed E-state index contributed by atoms with van der Waals surface area (Å²) in [7, 11) is 0. The molecule has 0 spiro atoms. The van der Waals surface area contributed by atoms with Gasteiger partial charge in [0.1, 0.15) is 17.3 Å². The zero-order chi connectivity index (χ0) is 24.9. The van der Waals surface area contributed by atoms with Gasteiger partial charge in [0, 0.05) is 22.6 Å². The van der Waals surface area contributed by atoms with Gasteiger partial charge in [-0.05, 0) is 67.9 Å². The van der Waals surface area contributed by atoms with E-state index in [1.54, 1.807) is 50.2 Å². The quantitative estimate of drug-likeness (QED) is 0.245. The van der Waals surface area contributed by atoms with Crippen LogP contribution in [0.3, 0.4) is 0 Å². The van der Waals surface area contributed by atoms with E-state index in [4.69, 9.17) is 23.4 Å². The first-order chi connectivity index (χ1) is 16.8. The van der Waals surface area contributed by atoms with Gasteiger partial charge in [-0.2, -0.15) is 0 Å². The SMILES string of the molecule is C=C(C)C(=O)Oc1ccc(-c2ccc(C3OCC(c4ccc(OC(=O)C(=C)C)cc4)CO3)o2)cc1. The first-order valence-electron chi connectivity index (χ1n) is 11.1. The fourth-order valence-electron chi connectivity index (χ4n) is 3.38. The summed E-state index contributed by atoms with van der Waals surface area (Å²) in [6.07, 6.45) is -0.605. The van der Waals surface area contributed by atoms with Crippen LogP contribution in [0.4, 0.5) is 0 Å². The number of hydrogen-bond donors (Lipinski definition) is 0. The lowest BCUT2D eigenvalue weighted by molar-refractivity contribution is -0.199. The van der Waals surface area contributed by atoms with Crippen molar-refractivity contribution in [3.05, 3.63) is 96.3 Å². The predicted molar refractivity (Wildman–Crippen MR) is 129 cm³/mol. The second-order valence-corrected chi connectivity index (χ2v) is 8.33. The highest BCUT2D eigenvalue weighted by molar-refractivity contribution is 5.89. The van der Waals surface area contributed by atoms with Gasteiger partial charge in [-0.15, -0.1) is 0 Å². The summed E-state index contributed by atoms with van der Waals surface area (Å²) < 4.78 is 28.2. The average molecular weight is 475 g/mol. The Morgan fingerprint density at radius 1 is 0.771 bits per heavy atom. The predicted octanol–water partition coefficient (Wildman–Crippen LogP) is 5.74. The van der Waals surface area contributed by atoms with E-state index in [2.05, 4.69) is 13.2 Å². The maximum atomic E-state index is 11.6. The van der Waals surface area contributed by atoms with Crippen LogP contribution in [0.1, 0.15) is 37.4 Å². The van der Waals surface area contributed by atoms with E-state index in [0.717, 1.165) is 11.1 Å². The van der Waals surface area contributed by atoms with Crippen molar-refractivity contribution in [2.24, 2.45) is 0 Å².